The molecule has 2 rings (SSSR count). The highest BCUT2D eigenvalue weighted by molar-refractivity contribution is 5.76. The molecule has 0 saturated heterocycles. The van der Waals surface area contributed by atoms with Crippen molar-refractivity contribution in [3.8, 4) is 0 Å². The monoisotopic (exact) mass is 619 g/mol. The van der Waals surface area contributed by atoms with E-state index in [-0.39, 0.29) is 31.6 Å². The van der Waals surface area contributed by atoms with Crippen molar-refractivity contribution in [1.29, 1.82) is 0 Å². The summed E-state index contributed by atoms with van der Waals surface area (Å²) in [6.07, 6.45) is 1.47. The summed E-state index contributed by atoms with van der Waals surface area (Å²) in [5, 5.41) is 52.0. The van der Waals surface area contributed by atoms with Crippen molar-refractivity contribution in [3.63, 3.8) is 0 Å². The van der Waals surface area contributed by atoms with Crippen LogP contribution in [0.15, 0.2) is 48.6 Å². The molecule has 0 aliphatic heterocycles. The lowest BCUT2D eigenvalue weighted by Gasteiger charge is -2.19. The van der Waals surface area contributed by atoms with Crippen LogP contribution in [0.5, 0.6) is 0 Å². The third kappa shape index (κ3) is 13.4. The Bertz CT molecular complexity index is 1100. The van der Waals surface area contributed by atoms with Gasteiger partial charge >= 0.3 is 6.18 Å². The number of carbonyl (C=O) groups is 1. The third-order valence-corrected chi connectivity index (χ3v) is 6.93. The maximum atomic E-state index is 12.9. The number of nitrogens with zero attached hydrogens (tertiary/aromatic N) is 2. The molecule has 1 amide bonds. The second-order valence-electron chi connectivity index (χ2n) is 10.2. The molecule has 1 aromatic carbocycles. The number of nitrogens with one attached hydrogen (secondary N) is 1. The van der Waals surface area contributed by atoms with Crippen LogP contribution in [0.1, 0.15) is 49.7 Å². The molecule has 1 aromatic rings. The number of amides is 1. The zero-order chi connectivity index (χ0) is 32.0. The number of carbonyl (C=O) groups excluding carboxylic acids is 1. The van der Waals surface area contributed by atoms with Gasteiger partial charge < -0.3 is 30.3 Å². The van der Waals surface area contributed by atoms with Gasteiger partial charge in [0.25, 0.3) is 10.2 Å². The molecule has 1 aliphatic carbocycles. The van der Waals surface area contributed by atoms with Crippen molar-refractivity contribution in [2.75, 3.05) is 13.2 Å². The molecule has 16 heteroatoms. The number of unbranched alkanes of at least 4 members (excludes halogenated alkanes) is 1. The third-order valence-electron chi connectivity index (χ3n) is 6.93. The molecule has 1 aliphatic rings. The smallest absolute Gasteiger partial charge is 0.393 e. The summed E-state index contributed by atoms with van der Waals surface area (Å²) in [6.45, 7) is -1.24. The van der Waals surface area contributed by atoms with E-state index in [1.165, 1.54) is 12.1 Å². The van der Waals surface area contributed by atoms with Gasteiger partial charge in [0.15, 0.2) is 0 Å². The van der Waals surface area contributed by atoms with Crippen molar-refractivity contribution in [3.05, 3.63) is 79.9 Å². The minimum atomic E-state index is -4.45. The fourth-order valence-corrected chi connectivity index (χ4v) is 4.76. The van der Waals surface area contributed by atoms with Crippen LogP contribution in [-0.4, -0.2) is 69.0 Å². The van der Waals surface area contributed by atoms with E-state index in [1.807, 2.05) is 0 Å². The first kappa shape index (κ1) is 35.4. The quantitative estimate of drug-likeness (QED) is 0.0821. The lowest BCUT2D eigenvalue weighted by Crippen LogP contribution is -2.42. The molecule has 0 bridgehead atoms. The van der Waals surface area contributed by atoms with Crippen molar-refractivity contribution >= 4 is 5.91 Å². The van der Waals surface area contributed by atoms with E-state index in [9.17, 15) is 53.5 Å². The molecule has 0 heterocycles. The van der Waals surface area contributed by atoms with Crippen LogP contribution in [0.4, 0.5) is 13.2 Å². The van der Waals surface area contributed by atoms with Gasteiger partial charge in [-0.2, -0.15) is 13.2 Å². The normalized spacial score (nSPS) is 21.4. The molecule has 5 atom stereocenters. The second-order valence-corrected chi connectivity index (χ2v) is 10.2. The van der Waals surface area contributed by atoms with Gasteiger partial charge in [0.05, 0.1) is 29.9 Å². The molecule has 240 valence electrons. The first-order valence-electron chi connectivity index (χ1n) is 13.6. The van der Waals surface area contributed by atoms with Crippen LogP contribution in [0, 0.1) is 32.1 Å². The molecule has 43 heavy (non-hydrogen) atoms. The number of alkyl halides is 3. The molecule has 1 saturated carbocycles. The van der Waals surface area contributed by atoms with E-state index in [2.05, 4.69) is 15.0 Å². The Morgan fingerprint density at radius 2 is 1.79 bits per heavy atom. The Hall–Kier alpha value is -3.76. The standard InChI is InChI=1S/C27H36F3N3O10/c28-27(29,30)19-7-5-6-18(14-19)10-11-21(34)12-13-23-22(24(35)15-25(23)36)8-3-1-2-4-9-26(37)31-20(16-42-32(38)39)17-43-33(40)41/h1,3,5-7,12-14,20-25,34-36H,2,4,8-11,15-17H2,(H,31,37)/t21-,22+,23+,24-,25+/m0/s1. The number of aliphatic hydroxyl groups excluding tert-OH is 3. The number of rotatable bonds is 18. The van der Waals surface area contributed by atoms with E-state index in [0.717, 1.165) is 12.1 Å². The highest BCUT2D eigenvalue weighted by Crippen LogP contribution is 2.36. The van der Waals surface area contributed by atoms with Crippen molar-refractivity contribution in [1.82, 2.24) is 5.32 Å². The van der Waals surface area contributed by atoms with Crippen molar-refractivity contribution in [2.45, 2.75) is 75.5 Å². The van der Waals surface area contributed by atoms with E-state index < -0.39 is 71.3 Å². The topological polar surface area (TPSA) is 195 Å². The molecular formula is C27H36F3N3O10. The van der Waals surface area contributed by atoms with Crippen molar-refractivity contribution in [2.24, 2.45) is 11.8 Å². The summed E-state index contributed by atoms with van der Waals surface area (Å²) in [5.41, 5.74) is -0.321. The Labute approximate surface area is 245 Å². The molecule has 0 unspecified atom stereocenters. The van der Waals surface area contributed by atoms with Gasteiger partial charge in [-0.15, -0.1) is 20.2 Å². The number of hydrogen-bond acceptors (Lipinski definition) is 10. The maximum Gasteiger partial charge on any atom is 0.416 e. The first-order chi connectivity index (χ1) is 20.3. The Morgan fingerprint density at radius 3 is 2.42 bits per heavy atom. The Kier molecular flexibility index (Phi) is 14.3. The van der Waals surface area contributed by atoms with Gasteiger partial charge in [0.2, 0.25) is 5.91 Å². The fraction of sp³-hybridized carbons (Fsp3) is 0.593. The lowest BCUT2D eigenvalue weighted by molar-refractivity contribution is -0.766. The second kappa shape index (κ2) is 17.4. The minimum Gasteiger partial charge on any atom is -0.393 e. The van der Waals surface area contributed by atoms with E-state index in [1.54, 1.807) is 24.3 Å². The highest BCUT2D eigenvalue weighted by Gasteiger charge is 2.39. The summed E-state index contributed by atoms with van der Waals surface area (Å²) < 4.78 is 38.7. The molecule has 1 fully saturated rings. The van der Waals surface area contributed by atoms with Gasteiger partial charge in [-0.3, -0.25) is 4.79 Å². The van der Waals surface area contributed by atoms with E-state index >= 15 is 0 Å². The predicted molar refractivity (Wildman–Crippen MR) is 144 cm³/mol. The summed E-state index contributed by atoms with van der Waals surface area (Å²) in [4.78, 5) is 41.1. The largest absolute Gasteiger partial charge is 0.416 e. The number of benzene rings is 1. The summed E-state index contributed by atoms with van der Waals surface area (Å²) in [5.74, 6) is -1.30. The Balaban J connectivity index is 1.79. The number of allylic oxidation sites excluding steroid dienone is 2. The lowest BCUT2D eigenvalue weighted by atomic mass is 9.89. The molecule has 0 radical (unpaired) electrons. The van der Waals surface area contributed by atoms with Gasteiger partial charge in [-0.05, 0) is 49.7 Å². The fourth-order valence-electron chi connectivity index (χ4n) is 4.76. The van der Waals surface area contributed by atoms with Crippen LogP contribution in [0.25, 0.3) is 0 Å². The van der Waals surface area contributed by atoms with Crippen molar-refractivity contribution < 1.29 is 53.1 Å². The first-order valence-corrected chi connectivity index (χ1v) is 13.6. The van der Waals surface area contributed by atoms with Crippen LogP contribution in [0.3, 0.4) is 0 Å². The average molecular weight is 620 g/mol. The molecular weight excluding hydrogens is 583 g/mol. The molecule has 0 spiro atoms. The summed E-state index contributed by atoms with van der Waals surface area (Å²) in [6, 6.07) is 3.79. The number of aliphatic hydroxyl groups is 3. The molecule has 0 aromatic heterocycles. The Morgan fingerprint density at radius 1 is 1.12 bits per heavy atom. The zero-order valence-electron chi connectivity index (χ0n) is 23.2. The van der Waals surface area contributed by atoms with E-state index in [0.29, 0.717) is 24.8 Å². The SMILES string of the molecule is O=C(CCCC=CC[C@@H]1[C@@H](C=C[C@@H](O)CCc2cccc(C(F)(F)F)c2)[C@H](O)C[C@@H]1O)NC(CO[N+](=O)[O-])CO[N+](=O)[O-]. The van der Waals surface area contributed by atoms with Gasteiger partial charge in [-0.25, -0.2) is 0 Å². The zero-order valence-corrected chi connectivity index (χ0v) is 23.2. The van der Waals surface area contributed by atoms with Gasteiger partial charge in [0, 0.05) is 18.8 Å². The average Bonchev–Trinajstić information content (AvgIpc) is 3.20. The summed E-state index contributed by atoms with van der Waals surface area (Å²) in [7, 11) is 0. The van der Waals surface area contributed by atoms with Gasteiger partial charge in [0.1, 0.15) is 13.2 Å². The van der Waals surface area contributed by atoms with E-state index in [4.69, 9.17) is 0 Å². The molecule has 13 nitrogen and oxygen atoms in total. The van der Waals surface area contributed by atoms with Crippen LogP contribution in [0.2, 0.25) is 0 Å². The number of halogens is 3. The van der Waals surface area contributed by atoms with Crippen LogP contribution >= 0.6 is 0 Å². The number of hydrogen-bond donors (Lipinski definition) is 4. The van der Waals surface area contributed by atoms with Crippen LogP contribution in [-0.2, 0) is 27.1 Å². The van der Waals surface area contributed by atoms with Crippen LogP contribution < -0.4 is 5.32 Å². The highest BCUT2D eigenvalue weighted by atomic mass is 19.4. The number of aryl methyl sites for hydroxylation is 1. The maximum absolute atomic E-state index is 12.9. The molecule has 4 N–H and O–H groups in total. The summed E-state index contributed by atoms with van der Waals surface area (Å²) >= 11 is 0. The predicted octanol–water partition coefficient (Wildman–Crippen LogP) is 2.93. The van der Waals surface area contributed by atoms with Gasteiger partial charge in [-0.1, -0.05) is 42.5 Å². The minimum absolute atomic E-state index is 0.0201.